The molecule has 1 atom stereocenters. The zero-order valence-corrected chi connectivity index (χ0v) is 12.8. The topological polar surface area (TPSA) is 45.2 Å². The number of carbonyl (C=O) groups is 1. The lowest BCUT2D eigenvalue weighted by atomic mass is 10.0. The number of amides is 1. The maximum Gasteiger partial charge on any atom is 0.254 e. The molecule has 1 heterocycles. The van der Waals surface area contributed by atoms with Gasteiger partial charge in [0.2, 0.25) is 0 Å². The molecule has 1 rings (SSSR count). The van der Waals surface area contributed by atoms with Crippen LogP contribution in [0.3, 0.4) is 0 Å². The van der Waals surface area contributed by atoms with Crippen molar-refractivity contribution in [1.29, 1.82) is 0 Å². The van der Waals surface area contributed by atoms with Crippen molar-refractivity contribution in [2.75, 3.05) is 19.4 Å². The van der Waals surface area contributed by atoms with E-state index in [2.05, 4.69) is 31.1 Å². The van der Waals surface area contributed by atoms with Crippen molar-refractivity contribution < 1.29 is 4.79 Å². The Kier molecular flexibility index (Phi) is 5.33. The normalized spacial score (nSPS) is 12.4. The lowest BCUT2D eigenvalue weighted by Gasteiger charge is -2.28. The zero-order valence-electron chi connectivity index (χ0n) is 12.8. The fraction of sp³-hybridized carbons (Fsp3) is 0.600. The molecular formula is C15H25N3O. The second-order valence-corrected chi connectivity index (χ2v) is 5.24. The van der Waals surface area contributed by atoms with E-state index in [0.717, 1.165) is 17.9 Å². The van der Waals surface area contributed by atoms with Crippen LogP contribution in [0.2, 0.25) is 0 Å². The maximum atomic E-state index is 12.5. The first-order valence-corrected chi connectivity index (χ1v) is 6.86. The molecule has 0 aromatic carbocycles. The van der Waals surface area contributed by atoms with E-state index in [9.17, 15) is 4.79 Å². The molecule has 0 spiro atoms. The molecule has 1 aromatic rings. The summed E-state index contributed by atoms with van der Waals surface area (Å²) in [6.07, 6.45) is 0.819. The van der Waals surface area contributed by atoms with E-state index in [-0.39, 0.29) is 11.9 Å². The summed E-state index contributed by atoms with van der Waals surface area (Å²) in [5.74, 6) is 1.23. The number of nitrogens with zero attached hydrogens (tertiary/aromatic N) is 2. The van der Waals surface area contributed by atoms with Crippen molar-refractivity contribution >= 4 is 11.7 Å². The molecule has 0 saturated carbocycles. The first kappa shape index (κ1) is 15.5. The summed E-state index contributed by atoms with van der Waals surface area (Å²) < 4.78 is 0. The molecule has 1 aromatic heterocycles. The third kappa shape index (κ3) is 3.69. The number of hydrogen-bond acceptors (Lipinski definition) is 3. The van der Waals surface area contributed by atoms with Gasteiger partial charge in [-0.2, -0.15) is 0 Å². The Balaban J connectivity index is 3.05. The van der Waals surface area contributed by atoms with Gasteiger partial charge in [-0.1, -0.05) is 20.8 Å². The predicted octanol–water partition coefficient (Wildman–Crippen LogP) is 2.80. The minimum Gasteiger partial charge on any atom is -0.373 e. The van der Waals surface area contributed by atoms with Gasteiger partial charge in [0, 0.05) is 31.4 Å². The summed E-state index contributed by atoms with van der Waals surface area (Å²) in [5.41, 5.74) is 1.63. The van der Waals surface area contributed by atoms with Gasteiger partial charge in [-0.05, 0) is 31.4 Å². The average molecular weight is 263 g/mol. The van der Waals surface area contributed by atoms with E-state index in [4.69, 9.17) is 0 Å². The fourth-order valence-corrected chi connectivity index (χ4v) is 1.86. The third-order valence-corrected chi connectivity index (χ3v) is 3.64. The van der Waals surface area contributed by atoms with Crippen LogP contribution in [-0.4, -0.2) is 35.9 Å². The standard InChI is InChI=1S/C15H25N3O/c1-7-13-8-12(9-14(16-5)17-13)15(19)18(6)11(4)10(2)3/h8-11H,7H2,1-6H3,(H,16,17). The Morgan fingerprint density at radius 1 is 1.37 bits per heavy atom. The Hall–Kier alpha value is -1.58. The summed E-state index contributed by atoms with van der Waals surface area (Å²) in [5, 5.41) is 3.01. The van der Waals surface area contributed by atoms with Gasteiger partial charge in [0.25, 0.3) is 5.91 Å². The Bertz CT molecular complexity index is 421. The Morgan fingerprint density at radius 3 is 2.47 bits per heavy atom. The highest BCUT2D eigenvalue weighted by Crippen LogP contribution is 2.16. The maximum absolute atomic E-state index is 12.5. The third-order valence-electron chi connectivity index (χ3n) is 3.64. The monoisotopic (exact) mass is 263 g/mol. The van der Waals surface area contributed by atoms with Crippen LogP contribution in [-0.2, 0) is 6.42 Å². The molecule has 0 bridgehead atoms. The first-order valence-electron chi connectivity index (χ1n) is 6.86. The van der Waals surface area contributed by atoms with Crippen LogP contribution in [0, 0.1) is 5.92 Å². The molecule has 4 nitrogen and oxygen atoms in total. The molecule has 19 heavy (non-hydrogen) atoms. The minimum absolute atomic E-state index is 0.0507. The molecule has 4 heteroatoms. The summed E-state index contributed by atoms with van der Waals surface area (Å²) in [6.45, 7) is 8.36. The molecule has 1 amide bonds. The smallest absolute Gasteiger partial charge is 0.254 e. The summed E-state index contributed by atoms with van der Waals surface area (Å²) in [7, 11) is 3.68. The van der Waals surface area contributed by atoms with Crippen molar-refractivity contribution in [1.82, 2.24) is 9.88 Å². The average Bonchev–Trinajstić information content (AvgIpc) is 2.43. The molecule has 0 aliphatic rings. The fourth-order valence-electron chi connectivity index (χ4n) is 1.86. The van der Waals surface area contributed by atoms with Crippen LogP contribution >= 0.6 is 0 Å². The lowest BCUT2D eigenvalue weighted by molar-refractivity contribution is 0.0707. The Morgan fingerprint density at radius 2 is 2.00 bits per heavy atom. The van der Waals surface area contributed by atoms with E-state index in [1.807, 2.05) is 33.2 Å². The number of rotatable bonds is 5. The summed E-state index contributed by atoms with van der Waals surface area (Å²) in [4.78, 5) is 18.7. The number of hydrogen-bond donors (Lipinski definition) is 1. The van der Waals surface area contributed by atoms with Gasteiger partial charge in [0.05, 0.1) is 0 Å². The highest BCUT2D eigenvalue weighted by molar-refractivity contribution is 5.95. The number of aryl methyl sites for hydroxylation is 1. The Labute approximate surface area is 116 Å². The van der Waals surface area contributed by atoms with Crippen LogP contribution in [0.1, 0.15) is 43.7 Å². The van der Waals surface area contributed by atoms with Crippen molar-refractivity contribution in [3.63, 3.8) is 0 Å². The molecule has 106 valence electrons. The predicted molar refractivity (Wildman–Crippen MR) is 79.6 cm³/mol. The van der Waals surface area contributed by atoms with Crippen LogP contribution < -0.4 is 5.32 Å². The van der Waals surface area contributed by atoms with Gasteiger partial charge in [-0.25, -0.2) is 4.98 Å². The molecule has 0 aliphatic heterocycles. The number of anilines is 1. The summed E-state index contributed by atoms with van der Waals surface area (Å²) >= 11 is 0. The zero-order chi connectivity index (χ0) is 14.6. The molecular weight excluding hydrogens is 238 g/mol. The van der Waals surface area contributed by atoms with E-state index in [1.165, 1.54) is 0 Å². The molecule has 1 unspecified atom stereocenters. The van der Waals surface area contributed by atoms with Crippen LogP contribution in [0.15, 0.2) is 12.1 Å². The number of nitrogens with one attached hydrogen (secondary N) is 1. The number of pyridine rings is 1. The van der Waals surface area contributed by atoms with Crippen molar-refractivity contribution in [2.45, 2.75) is 40.2 Å². The van der Waals surface area contributed by atoms with Gasteiger partial charge in [0.15, 0.2) is 0 Å². The summed E-state index contributed by atoms with van der Waals surface area (Å²) in [6, 6.07) is 3.90. The molecule has 0 aliphatic carbocycles. The largest absolute Gasteiger partial charge is 0.373 e. The van der Waals surface area contributed by atoms with Gasteiger partial charge >= 0.3 is 0 Å². The quantitative estimate of drug-likeness (QED) is 0.888. The lowest BCUT2D eigenvalue weighted by Crippen LogP contribution is -2.38. The van der Waals surface area contributed by atoms with Gasteiger partial charge in [-0.15, -0.1) is 0 Å². The SMILES string of the molecule is CCc1cc(C(=O)N(C)C(C)C(C)C)cc(NC)n1. The van der Waals surface area contributed by atoms with E-state index < -0.39 is 0 Å². The van der Waals surface area contributed by atoms with E-state index >= 15 is 0 Å². The van der Waals surface area contributed by atoms with Crippen molar-refractivity contribution in [3.8, 4) is 0 Å². The second-order valence-electron chi connectivity index (χ2n) is 5.24. The second kappa shape index (κ2) is 6.55. The van der Waals surface area contributed by atoms with E-state index in [1.54, 1.807) is 4.90 Å². The van der Waals surface area contributed by atoms with Crippen LogP contribution in [0.25, 0.3) is 0 Å². The molecule has 0 saturated heterocycles. The molecule has 1 N–H and O–H groups in total. The number of carbonyl (C=O) groups excluding carboxylic acids is 1. The van der Waals surface area contributed by atoms with Gasteiger partial charge in [0.1, 0.15) is 5.82 Å². The van der Waals surface area contributed by atoms with Crippen LogP contribution in [0.4, 0.5) is 5.82 Å². The van der Waals surface area contributed by atoms with Crippen molar-refractivity contribution in [3.05, 3.63) is 23.4 Å². The van der Waals surface area contributed by atoms with E-state index in [0.29, 0.717) is 11.5 Å². The van der Waals surface area contributed by atoms with Gasteiger partial charge < -0.3 is 10.2 Å². The number of aromatic nitrogens is 1. The van der Waals surface area contributed by atoms with Crippen LogP contribution in [0.5, 0.6) is 0 Å². The minimum atomic E-state index is 0.0507. The molecule has 0 radical (unpaired) electrons. The highest BCUT2D eigenvalue weighted by atomic mass is 16.2. The van der Waals surface area contributed by atoms with Crippen molar-refractivity contribution in [2.24, 2.45) is 5.92 Å². The first-order chi connectivity index (χ1) is 8.90. The molecule has 0 fully saturated rings. The van der Waals surface area contributed by atoms with Gasteiger partial charge in [-0.3, -0.25) is 4.79 Å². The highest BCUT2D eigenvalue weighted by Gasteiger charge is 2.20.